The molecule has 0 bridgehead atoms. The van der Waals surface area contributed by atoms with Gasteiger partial charge in [-0.3, -0.25) is 10.1 Å². The van der Waals surface area contributed by atoms with Gasteiger partial charge in [-0.15, -0.1) is 0 Å². The Balaban J connectivity index is 1.86. The number of nitrogens with two attached hydrogens (primary N) is 1. The second-order valence-electron chi connectivity index (χ2n) is 4.73. The lowest BCUT2D eigenvalue weighted by Crippen LogP contribution is -2.39. The summed E-state index contributed by atoms with van der Waals surface area (Å²) in [4.78, 5) is 20.9. The van der Waals surface area contributed by atoms with Gasteiger partial charge in [-0.25, -0.2) is 4.79 Å². The van der Waals surface area contributed by atoms with Crippen LogP contribution in [0.1, 0.15) is 18.4 Å². The zero-order chi connectivity index (χ0) is 15.4. The van der Waals surface area contributed by atoms with Crippen LogP contribution < -0.4 is 10.5 Å². The lowest BCUT2D eigenvalue weighted by molar-refractivity contribution is -0.385. The van der Waals surface area contributed by atoms with E-state index in [9.17, 15) is 14.9 Å². The number of hydrogen-bond donors (Lipinski definition) is 1. The zero-order valence-electron chi connectivity index (χ0n) is 11.5. The average molecular weight is 296 g/mol. The molecule has 1 aromatic rings. The van der Waals surface area contributed by atoms with Crippen molar-refractivity contribution in [1.82, 2.24) is 0 Å². The van der Waals surface area contributed by atoms with Crippen molar-refractivity contribution in [2.24, 2.45) is 5.73 Å². The van der Waals surface area contributed by atoms with Crippen molar-refractivity contribution in [3.8, 4) is 5.75 Å². The van der Waals surface area contributed by atoms with Crippen molar-refractivity contribution in [2.75, 3.05) is 7.11 Å². The smallest absolute Gasteiger partial charge is 0.404 e. The van der Waals surface area contributed by atoms with Crippen LogP contribution in [0.25, 0.3) is 0 Å². The lowest BCUT2D eigenvalue weighted by atomic mass is 9.92. The van der Waals surface area contributed by atoms with Gasteiger partial charge in [-0.2, -0.15) is 0 Å². The number of nitro groups is 1. The first-order valence-electron chi connectivity index (χ1n) is 6.38. The molecule has 1 aliphatic carbocycles. The highest BCUT2D eigenvalue weighted by molar-refractivity contribution is 5.64. The minimum Gasteiger partial charge on any atom is -0.490 e. The number of rotatable bonds is 6. The molecule has 2 N–H and O–H groups in total. The Hall–Kier alpha value is -2.35. The first-order chi connectivity index (χ1) is 9.99. The molecule has 1 aliphatic rings. The molecule has 0 unspecified atom stereocenters. The van der Waals surface area contributed by atoms with Crippen molar-refractivity contribution >= 4 is 11.8 Å². The van der Waals surface area contributed by atoms with Crippen LogP contribution >= 0.6 is 0 Å². The minimum atomic E-state index is -0.788. The van der Waals surface area contributed by atoms with Crippen molar-refractivity contribution < 1.29 is 23.9 Å². The molecule has 1 aromatic carbocycles. The molecular weight excluding hydrogens is 280 g/mol. The molecule has 2 rings (SSSR count). The van der Waals surface area contributed by atoms with Gasteiger partial charge >= 0.3 is 11.8 Å². The molecule has 0 saturated heterocycles. The highest BCUT2D eigenvalue weighted by Crippen LogP contribution is 2.30. The van der Waals surface area contributed by atoms with Crippen LogP contribution in [0, 0.1) is 10.1 Å². The van der Waals surface area contributed by atoms with Gasteiger partial charge in [0.05, 0.1) is 24.7 Å². The molecule has 114 valence electrons. The van der Waals surface area contributed by atoms with Crippen LogP contribution in [0.3, 0.4) is 0 Å². The Labute approximate surface area is 120 Å². The lowest BCUT2D eigenvalue weighted by Gasteiger charge is -2.33. The largest absolute Gasteiger partial charge is 0.490 e. The number of carbonyl (C=O) groups excluding carboxylic acids is 1. The van der Waals surface area contributed by atoms with E-state index in [2.05, 4.69) is 0 Å². The zero-order valence-corrected chi connectivity index (χ0v) is 11.5. The van der Waals surface area contributed by atoms with Crippen LogP contribution in [-0.2, 0) is 16.1 Å². The normalized spacial score (nSPS) is 20.4. The molecule has 1 saturated carbocycles. The van der Waals surface area contributed by atoms with E-state index in [0.29, 0.717) is 18.4 Å². The van der Waals surface area contributed by atoms with E-state index >= 15 is 0 Å². The molecular formula is C13H16N2O6. The number of nitro benzene ring substituents is 1. The highest BCUT2D eigenvalue weighted by atomic mass is 16.6. The number of carbonyl (C=O) groups is 1. The number of benzene rings is 1. The molecule has 1 amide bonds. The molecule has 0 aromatic heterocycles. The highest BCUT2D eigenvalue weighted by Gasteiger charge is 2.32. The number of hydrogen-bond acceptors (Lipinski definition) is 6. The Morgan fingerprint density at radius 1 is 1.43 bits per heavy atom. The number of primary amides is 1. The third kappa shape index (κ3) is 3.82. The number of methoxy groups -OCH3 is 1. The van der Waals surface area contributed by atoms with Gasteiger partial charge in [0, 0.05) is 18.9 Å². The van der Waals surface area contributed by atoms with Gasteiger partial charge in [0.25, 0.3) is 0 Å². The molecule has 0 radical (unpaired) electrons. The van der Waals surface area contributed by atoms with Crippen LogP contribution in [0.4, 0.5) is 10.5 Å². The van der Waals surface area contributed by atoms with Crippen molar-refractivity contribution in [1.29, 1.82) is 0 Å². The summed E-state index contributed by atoms with van der Waals surface area (Å²) in [6, 6.07) is 4.67. The summed E-state index contributed by atoms with van der Waals surface area (Å²) < 4.78 is 15.3. The van der Waals surface area contributed by atoms with Gasteiger partial charge in [0.2, 0.25) is 0 Å². The van der Waals surface area contributed by atoms with Crippen molar-refractivity contribution in [2.45, 2.75) is 31.7 Å². The molecule has 1 fully saturated rings. The van der Waals surface area contributed by atoms with Gasteiger partial charge in [0.1, 0.15) is 6.10 Å². The molecule has 8 nitrogen and oxygen atoms in total. The predicted molar refractivity (Wildman–Crippen MR) is 71.9 cm³/mol. The third-order valence-corrected chi connectivity index (χ3v) is 3.26. The fraction of sp³-hybridized carbons (Fsp3) is 0.462. The molecule has 0 spiro atoms. The summed E-state index contributed by atoms with van der Waals surface area (Å²) >= 11 is 0. The quantitative estimate of drug-likeness (QED) is 0.631. The van der Waals surface area contributed by atoms with Gasteiger partial charge in [-0.05, 0) is 11.6 Å². The number of nitrogens with zero attached hydrogens (tertiary/aromatic N) is 1. The Bertz CT molecular complexity index is 541. The standard InChI is InChI=1S/C13H16N2O6/c1-19-12-3-2-8(4-11(12)15(17)18)7-20-9-5-10(6-9)21-13(14)16/h2-4,9-10H,5-7H2,1H3,(H2,14,16)/t9-,10+. The van der Waals surface area contributed by atoms with E-state index in [1.807, 2.05) is 0 Å². The third-order valence-electron chi connectivity index (χ3n) is 3.26. The fourth-order valence-electron chi connectivity index (χ4n) is 2.10. The predicted octanol–water partition coefficient (Wildman–Crippen LogP) is 1.75. The second kappa shape index (κ2) is 6.40. The van der Waals surface area contributed by atoms with E-state index in [-0.39, 0.29) is 30.3 Å². The number of amides is 1. The van der Waals surface area contributed by atoms with E-state index in [1.54, 1.807) is 6.07 Å². The van der Waals surface area contributed by atoms with E-state index in [1.165, 1.54) is 19.2 Å². The first-order valence-corrected chi connectivity index (χ1v) is 6.38. The molecule has 0 heterocycles. The Morgan fingerprint density at radius 2 is 2.14 bits per heavy atom. The maximum absolute atomic E-state index is 10.9. The summed E-state index contributed by atoms with van der Waals surface area (Å²) in [6.07, 6.45) is 0.153. The van der Waals surface area contributed by atoms with Crippen LogP contribution in [-0.4, -0.2) is 30.3 Å². The van der Waals surface area contributed by atoms with Crippen LogP contribution in [0.2, 0.25) is 0 Å². The first kappa shape index (κ1) is 15.0. The maximum atomic E-state index is 10.9. The van der Waals surface area contributed by atoms with E-state index in [4.69, 9.17) is 19.9 Å². The summed E-state index contributed by atoms with van der Waals surface area (Å²) in [5, 5.41) is 10.9. The summed E-state index contributed by atoms with van der Waals surface area (Å²) in [7, 11) is 1.38. The fourth-order valence-corrected chi connectivity index (χ4v) is 2.10. The van der Waals surface area contributed by atoms with Gasteiger partial charge in [0.15, 0.2) is 5.75 Å². The van der Waals surface area contributed by atoms with Crippen molar-refractivity contribution in [3.05, 3.63) is 33.9 Å². The maximum Gasteiger partial charge on any atom is 0.404 e. The van der Waals surface area contributed by atoms with Crippen LogP contribution in [0.15, 0.2) is 18.2 Å². The second-order valence-corrected chi connectivity index (χ2v) is 4.73. The SMILES string of the molecule is COc1ccc(CO[C@H]2C[C@@H](OC(N)=O)C2)cc1[N+](=O)[O-]. The number of ether oxygens (including phenoxy) is 3. The summed E-state index contributed by atoms with van der Waals surface area (Å²) in [5.74, 6) is 0.210. The minimum absolute atomic E-state index is 0.0319. The van der Waals surface area contributed by atoms with E-state index in [0.717, 1.165) is 0 Å². The topological polar surface area (TPSA) is 114 Å². The van der Waals surface area contributed by atoms with E-state index < -0.39 is 11.0 Å². The van der Waals surface area contributed by atoms with Gasteiger partial charge in [-0.1, -0.05) is 6.07 Å². The molecule has 0 atom stereocenters. The summed E-state index contributed by atoms with van der Waals surface area (Å²) in [5.41, 5.74) is 5.49. The molecule has 8 heteroatoms. The Kier molecular flexibility index (Phi) is 4.59. The van der Waals surface area contributed by atoms with Gasteiger partial charge < -0.3 is 19.9 Å². The molecule has 21 heavy (non-hydrogen) atoms. The monoisotopic (exact) mass is 296 g/mol. The van der Waals surface area contributed by atoms with Crippen LogP contribution in [0.5, 0.6) is 5.75 Å². The summed E-state index contributed by atoms with van der Waals surface area (Å²) in [6.45, 7) is 0.249. The van der Waals surface area contributed by atoms with Crippen molar-refractivity contribution in [3.63, 3.8) is 0 Å². The molecule has 0 aliphatic heterocycles. The Morgan fingerprint density at radius 3 is 2.71 bits per heavy atom. The average Bonchev–Trinajstić information content (AvgIpc) is 2.40.